The van der Waals surface area contributed by atoms with E-state index in [9.17, 15) is 9.59 Å². The van der Waals surface area contributed by atoms with Gasteiger partial charge in [-0.2, -0.15) is 11.3 Å². The van der Waals surface area contributed by atoms with E-state index in [-0.39, 0.29) is 29.6 Å². The number of nitrogens with two attached hydrogens (primary N) is 1. The van der Waals surface area contributed by atoms with Crippen LogP contribution < -0.4 is 11.1 Å². The number of primary amides is 1. The predicted molar refractivity (Wildman–Crippen MR) is 96.4 cm³/mol. The van der Waals surface area contributed by atoms with E-state index in [4.69, 9.17) is 5.73 Å². The minimum absolute atomic E-state index is 0.0795. The summed E-state index contributed by atoms with van der Waals surface area (Å²) in [5.74, 6) is -0.646. The topological polar surface area (TPSA) is 106 Å². The van der Waals surface area contributed by atoms with E-state index in [1.165, 1.54) is 10.9 Å². The van der Waals surface area contributed by atoms with Crippen LogP contribution in [0.15, 0.2) is 23.0 Å². The lowest BCUT2D eigenvalue weighted by molar-refractivity contribution is -0.118. The van der Waals surface area contributed by atoms with Crippen molar-refractivity contribution in [1.29, 1.82) is 0 Å². The van der Waals surface area contributed by atoms with E-state index in [0.29, 0.717) is 6.54 Å². The van der Waals surface area contributed by atoms with Crippen LogP contribution in [-0.4, -0.2) is 50.8 Å². The van der Waals surface area contributed by atoms with Gasteiger partial charge < -0.3 is 16.0 Å². The summed E-state index contributed by atoms with van der Waals surface area (Å²) in [5.41, 5.74) is 6.81. The van der Waals surface area contributed by atoms with Crippen molar-refractivity contribution in [3.8, 4) is 0 Å². The Bertz CT molecular complexity index is 796. The van der Waals surface area contributed by atoms with E-state index in [0.717, 1.165) is 37.9 Å². The van der Waals surface area contributed by atoms with Gasteiger partial charge in [0, 0.05) is 12.6 Å². The van der Waals surface area contributed by atoms with Crippen molar-refractivity contribution in [2.75, 3.05) is 13.1 Å². The van der Waals surface area contributed by atoms with E-state index < -0.39 is 5.91 Å². The van der Waals surface area contributed by atoms with Gasteiger partial charge in [0.15, 0.2) is 5.69 Å². The molecule has 1 atom stereocenters. The third kappa shape index (κ3) is 3.36. The van der Waals surface area contributed by atoms with Crippen LogP contribution in [0.3, 0.4) is 0 Å². The molecule has 4 rings (SSSR count). The zero-order valence-electron chi connectivity index (χ0n) is 14.4. The molecule has 26 heavy (non-hydrogen) atoms. The van der Waals surface area contributed by atoms with Crippen LogP contribution in [-0.2, 0) is 17.9 Å². The average Bonchev–Trinajstić information content (AvgIpc) is 3.01. The second-order valence-corrected chi connectivity index (χ2v) is 7.94. The lowest BCUT2D eigenvalue weighted by atomic mass is 9.93. The molecule has 1 saturated heterocycles. The van der Waals surface area contributed by atoms with Gasteiger partial charge in [0.2, 0.25) is 5.91 Å². The van der Waals surface area contributed by atoms with Gasteiger partial charge in [0.05, 0.1) is 6.20 Å². The molecule has 9 heteroatoms. The van der Waals surface area contributed by atoms with Crippen molar-refractivity contribution in [3.05, 3.63) is 34.3 Å². The Morgan fingerprint density at radius 2 is 2.23 bits per heavy atom. The summed E-state index contributed by atoms with van der Waals surface area (Å²) >= 11 is 1.63. The molecule has 1 unspecified atom stereocenters. The van der Waals surface area contributed by atoms with E-state index in [2.05, 4.69) is 21.0 Å². The van der Waals surface area contributed by atoms with Crippen LogP contribution in [0.4, 0.5) is 0 Å². The SMILES string of the molecule is NC(=O)Cn1cc(C(=O)N(Cc2ccsc2)C2CC23CCNCC3)nn1. The molecule has 3 N–H and O–H groups in total. The number of hydrogen-bond acceptors (Lipinski definition) is 6. The van der Waals surface area contributed by atoms with E-state index in [1.54, 1.807) is 11.3 Å². The normalized spacial score (nSPS) is 20.8. The molecule has 0 radical (unpaired) electrons. The first kappa shape index (κ1) is 17.2. The Morgan fingerprint density at radius 3 is 2.92 bits per heavy atom. The molecule has 1 aliphatic carbocycles. The number of nitrogens with zero attached hydrogens (tertiary/aromatic N) is 4. The van der Waals surface area contributed by atoms with Gasteiger partial charge in [-0.3, -0.25) is 9.59 Å². The minimum atomic E-state index is -0.514. The van der Waals surface area contributed by atoms with E-state index in [1.807, 2.05) is 16.3 Å². The first-order valence-corrected chi connectivity index (χ1v) is 9.73. The van der Waals surface area contributed by atoms with Crippen molar-refractivity contribution in [3.63, 3.8) is 0 Å². The van der Waals surface area contributed by atoms with Crippen molar-refractivity contribution in [2.24, 2.45) is 11.1 Å². The van der Waals surface area contributed by atoms with Gasteiger partial charge >= 0.3 is 0 Å². The summed E-state index contributed by atoms with van der Waals surface area (Å²) in [4.78, 5) is 26.1. The molecule has 0 aromatic carbocycles. The maximum absolute atomic E-state index is 13.2. The molecule has 2 aromatic rings. The highest BCUT2D eigenvalue weighted by atomic mass is 32.1. The lowest BCUT2D eigenvalue weighted by Crippen LogP contribution is -2.39. The number of thiophene rings is 1. The fourth-order valence-corrected chi connectivity index (χ4v) is 4.57. The van der Waals surface area contributed by atoms with Gasteiger partial charge in [0.25, 0.3) is 5.91 Å². The summed E-state index contributed by atoms with van der Waals surface area (Å²) < 4.78 is 1.31. The standard InChI is InChI=1S/C17H22N6O2S/c18-15(24)10-22-9-13(20-21-22)16(25)23(8-12-1-6-26-11-12)14-7-17(14)2-4-19-5-3-17/h1,6,9,11,14,19H,2-5,7-8,10H2,(H2,18,24). The van der Waals surface area contributed by atoms with Crippen LogP contribution in [0.2, 0.25) is 0 Å². The van der Waals surface area contributed by atoms with Crippen molar-refractivity contribution in [2.45, 2.75) is 38.4 Å². The molecule has 1 saturated carbocycles. The van der Waals surface area contributed by atoms with Gasteiger partial charge in [-0.1, -0.05) is 5.21 Å². The Balaban J connectivity index is 1.55. The number of hydrogen-bond donors (Lipinski definition) is 2. The largest absolute Gasteiger partial charge is 0.368 e. The van der Waals surface area contributed by atoms with Crippen LogP contribution in [0.5, 0.6) is 0 Å². The fraction of sp³-hybridized carbons (Fsp3) is 0.529. The highest BCUT2D eigenvalue weighted by Gasteiger charge is 2.58. The second kappa shape index (κ2) is 6.81. The Morgan fingerprint density at radius 1 is 1.42 bits per heavy atom. The monoisotopic (exact) mass is 374 g/mol. The summed E-state index contributed by atoms with van der Waals surface area (Å²) in [7, 11) is 0. The predicted octanol–water partition coefficient (Wildman–Crippen LogP) is 0.609. The molecule has 8 nitrogen and oxygen atoms in total. The zero-order valence-corrected chi connectivity index (χ0v) is 15.2. The second-order valence-electron chi connectivity index (χ2n) is 7.16. The zero-order chi connectivity index (χ0) is 18.1. The van der Waals surface area contributed by atoms with Crippen molar-refractivity contribution >= 4 is 23.2 Å². The molecule has 2 aromatic heterocycles. The lowest BCUT2D eigenvalue weighted by Gasteiger charge is -2.29. The first-order valence-electron chi connectivity index (χ1n) is 8.79. The Labute approximate surface area is 155 Å². The Hall–Kier alpha value is -2.26. The first-order chi connectivity index (χ1) is 12.6. The maximum Gasteiger partial charge on any atom is 0.276 e. The third-order valence-electron chi connectivity index (χ3n) is 5.39. The summed E-state index contributed by atoms with van der Waals surface area (Å²) in [6, 6.07) is 2.28. The van der Waals surface area contributed by atoms with Crippen molar-refractivity contribution in [1.82, 2.24) is 25.2 Å². The van der Waals surface area contributed by atoms with Gasteiger partial charge in [-0.15, -0.1) is 5.10 Å². The summed E-state index contributed by atoms with van der Waals surface area (Å²) in [6.45, 7) is 2.51. The quantitative estimate of drug-likeness (QED) is 0.771. The highest BCUT2D eigenvalue weighted by Crippen LogP contribution is 2.56. The molecule has 138 valence electrons. The fourth-order valence-electron chi connectivity index (χ4n) is 3.91. The molecule has 3 heterocycles. The number of aromatic nitrogens is 3. The van der Waals surface area contributed by atoms with Crippen LogP contribution >= 0.6 is 11.3 Å². The highest BCUT2D eigenvalue weighted by molar-refractivity contribution is 7.07. The molecule has 1 spiro atoms. The molecule has 2 amide bonds. The van der Waals surface area contributed by atoms with Gasteiger partial charge in [-0.25, -0.2) is 4.68 Å². The molecule has 0 bridgehead atoms. The van der Waals surface area contributed by atoms with Gasteiger partial charge in [-0.05, 0) is 60.2 Å². The molecular formula is C17H22N6O2S. The number of carbonyl (C=O) groups excluding carboxylic acids is 2. The third-order valence-corrected chi connectivity index (χ3v) is 6.12. The minimum Gasteiger partial charge on any atom is -0.368 e. The number of carbonyl (C=O) groups is 2. The molecular weight excluding hydrogens is 352 g/mol. The van der Waals surface area contributed by atoms with E-state index >= 15 is 0 Å². The van der Waals surface area contributed by atoms with Gasteiger partial charge in [0.1, 0.15) is 6.54 Å². The number of amides is 2. The van der Waals surface area contributed by atoms with Crippen LogP contribution in [0.25, 0.3) is 0 Å². The maximum atomic E-state index is 13.2. The molecule has 1 aliphatic heterocycles. The molecule has 2 aliphatic rings. The average molecular weight is 374 g/mol. The Kier molecular flexibility index (Phi) is 4.49. The summed E-state index contributed by atoms with van der Waals surface area (Å²) in [6.07, 6.45) is 4.74. The molecule has 2 fully saturated rings. The van der Waals surface area contributed by atoms with Crippen LogP contribution in [0.1, 0.15) is 35.3 Å². The van der Waals surface area contributed by atoms with Crippen LogP contribution in [0, 0.1) is 5.41 Å². The number of piperidine rings is 1. The number of nitrogens with one attached hydrogen (secondary N) is 1. The smallest absolute Gasteiger partial charge is 0.276 e. The number of rotatable bonds is 6. The summed E-state index contributed by atoms with van der Waals surface area (Å²) in [5, 5.41) is 15.3. The van der Waals surface area contributed by atoms with Crippen molar-refractivity contribution < 1.29 is 9.59 Å².